The maximum absolute atomic E-state index is 5.48. The summed E-state index contributed by atoms with van der Waals surface area (Å²) in [6.07, 6.45) is 2.27. The molecule has 1 aliphatic rings. The number of unbranched alkanes of at least 4 members (excludes halogenated alkanes) is 1. The Morgan fingerprint density at radius 2 is 1.75 bits per heavy atom. The minimum absolute atomic E-state index is 0.793. The monoisotopic (exact) mass is 276 g/mol. The minimum atomic E-state index is 0.793. The van der Waals surface area contributed by atoms with E-state index in [9.17, 15) is 0 Å². The Kier molecular flexibility index (Phi) is 6.30. The number of likely N-dealkylation sites (N-methyl/N-ethyl adjacent to an activating group) is 1. The van der Waals surface area contributed by atoms with Gasteiger partial charge in [0.1, 0.15) is 0 Å². The van der Waals surface area contributed by atoms with Crippen LogP contribution >= 0.6 is 0 Å². The van der Waals surface area contributed by atoms with Crippen LogP contribution in [-0.4, -0.2) is 51.2 Å². The van der Waals surface area contributed by atoms with Crippen LogP contribution in [0.3, 0.4) is 0 Å². The lowest BCUT2D eigenvalue weighted by Crippen LogP contribution is -2.44. The molecule has 2 rings (SSSR count). The Hall–Kier alpha value is -1.10. The Bertz CT molecular complexity index is 369. The predicted molar refractivity (Wildman–Crippen MR) is 86.1 cm³/mol. The molecule has 0 atom stereocenters. The zero-order valence-corrected chi connectivity index (χ0v) is 12.6. The average molecular weight is 276 g/mol. The number of piperazine rings is 1. The van der Waals surface area contributed by atoms with E-state index in [2.05, 4.69) is 46.4 Å². The van der Waals surface area contributed by atoms with Crippen LogP contribution in [-0.2, 0) is 6.54 Å². The van der Waals surface area contributed by atoms with Crippen LogP contribution in [0.4, 0.5) is 5.69 Å². The van der Waals surface area contributed by atoms with Crippen molar-refractivity contribution in [2.24, 2.45) is 5.73 Å². The van der Waals surface area contributed by atoms with Gasteiger partial charge >= 0.3 is 0 Å². The summed E-state index contributed by atoms with van der Waals surface area (Å²) in [5.74, 6) is 0. The lowest BCUT2D eigenvalue weighted by Gasteiger charge is -2.34. The average Bonchev–Trinajstić information content (AvgIpc) is 2.49. The van der Waals surface area contributed by atoms with Crippen molar-refractivity contribution in [1.29, 1.82) is 0 Å². The highest BCUT2D eigenvalue weighted by Gasteiger charge is 2.13. The fourth-order valence-corrected chi connectivity index (χ4v) is 2.52. The zero-order valence-electron chi connectivity index (χ0n) is 12.6. The molecule has 0 radical (unpaired) electrons. The first kappa shape index (κ1) is 15.3. The van der Waals surface area contributed by atoms with Gasteiger partial charge in [-0.2, -0.15) is 0 Å². The van der Waals surface area contributed by atoms with Crippen LogP contribution in [0, 0.1) is 0 Å². The Balaban J connectivity index is 1.75. The molecule has 0 aromatic heterocycles. The third-order valence-corrected chi connectivity index (χ3v) is 3.94. The van der Waals surface area contributed by atoms with Crippen LogP contribution < -0.4 is 16.0 Å². The van der Waals surface area contributed by atoms with Gasteiger partial charge in [-0.15, -0.1) is 0 Å². The smallest absolute Gasteiger partial charge is 0.0367 e. The fraction of sp³-hybridized carbons (Fsp3) is 0.625. The maximum atomic E-state index is 5.48. The highest BCUT2D eigenvalue weighted by atomic mass is 15.2. The van der Waals surface area contributed by atoms with Gasteiger partial charge in [0.15, 0.2) is 0 Å². The van der Waals surface area contributed by atoms with E-state index >= 15 is 0 Å². The topological polar surface area (TPSA) is 44.5 Å². The van der Waals surface area contributed by atoms with Gasteiger partial charge < -0.3 is 20.9 Å². The minimum Gasteiger partial charge on any atom is -0.369 e. The van der Waals surface area contributed by atoms with Crippen molar-refractivity contribution in [3.63, 3.8) is 0 Å². The van der Waals surface area contributed by atoms with Crippen LogP contribution in [0.5, 0.6) is 0 Å². The molecule has 1 fully saturated rings. The number of hydrogen-bond acceptors (Lipinski definition) is 4. The highest BCUT2D eigenvalue weighted by molar-refractivity contribution is 5.48. The summed E-state index contributed by atoms with van der Waals surface area (Å²) >= 11 is 0. The Morgan fingerprint density at radius 1 is 1.05 bits per heavy atom. The quantitative estimate of drug-likeness (QED) is 0.736. The largest absolute Gasteiger partial charge is 0.369 e. The first-order valence-corrected chi connectivity index (χ1v) is 7.73. The zero-order chi connectivity index (χ0) is 14.2. The lowest BCUT2D eigenvalue weighted by molar-refractivity contribution is 0.313. The molecule has 1 aromatic carbocycles. The molecule has 112 valence electrons. The normalized spacial score (nSPS) is 16.6. The van der Waals surface area contributed by atoms with Gasteiger partial charge in [0.25, 0.3) is 0 Å². The molecule has 4 nitrogen and oxygen atoms in total. The molecule has 20 heavy (non-hydrogen) atoms. The highest BCUT2D eigenvalue weighted by Crippen LogP contribution is 2.16. The Morgan fingerprint density at radius 3 is 2.40 bits per heavy atom. The summed E-state index contributed by atoms with van der Waals surface area (Å²) in [5.41, 5.74) is 8.19. The first-order chi connectivity index (χ1) is 9.79. The summed E-state index contributed by atoms with van der Waals surface area (Å²) in [6.45, 7) is 7.38. The summed E-state index contributed by atoms with van der Waals surface area (Å²) < 4.78 is 0. The molecular weight excluding hydrogens is 248 g/mol. The van der Waals surface area contributed by atoms with Crippen LogP contribution in [0.1, 0.15) is 18.4 Å². The predicted octanol–water partition coefficient (Wildman–Crippen LogP) is 1.27. The molecular formula is C16H28N4. The molecule has 0 unspecified atom stereocenters. The van der Waals surface area contributed by atoms with E-state index in [-0.39, 0.29) is 0 Å². The summed E-state index contributed by atoms with van der Waals surface area (Å²) in [6, 6.07) is 8.98. The van der Waals surface area contributed by atoms with Crippen LogP contribution in [0.15, 0.2) is 24.3 Å². The third-order valence-electron chi connectivity index (χ3n) is 3.94. The van der Waals surface area contributed by atoms with Gasteiger partial charge in [-0.1, -0.05) is 12.1 Å². The SMILES string of the molecule is CN1CCN(c2ccc(CNCCCCN)cc2)CC1. The number of benzene rings is 1. The molecule has 0 saturated carbocycles. The van der Waals surface area contributed by atoms with Gasteiger partial charge in [-0.05, 0) is 50.7 Å². The summed E-state index contributed by atoms with van der Waals surface area (Å²) in [7, 11) is 2.19. The number of hydrogen-bond donors (Lipinski definition) is 2. The van der Waals surface area contributed by atoms with Crippen molar-refractivity contribution >= 4 is 5.69 Å². The van der Waals surface area contributed by atoms with Gasteiger partial charge in [-0.25, -0.2) is 0 Å². The van der Waals surface area contributed by atoms with E-state index in [1.54, 1.807) is 0 Å². The molecule has 0 bridgehead atoms. The van der Waals surface area contributed by atoms with Crippen molar-refractivity contribution in [3.05, 3.63) is 29.8 Å². The van der Waals surface area contributed by atoms with Gasteiger partial charge in [0.05, 0.1) is 0 Å². The maximum Gasteiger partial charge on any atom is 0.0367 e. The van der Waals surface area contributed by atoms with E-state index in [4.69, 9.17) is 5.73 Å². The standard InChI is InChI=1S/C16H28N4/c1-19-10-12-20(13-11-19)16-6-4-15(5-7-16)14-18-9-3-2-8-17/h4-7,18H,2-3,8-14,17H2,1H3. The van der Waals surface area contributed by atoms with Crippen LogP contribution in [0.25, 0.3) is 0 Å². The van der Waals surface area contributed by atoms with Crippen molar-refractivity contribution in [2.45, 2.75) is 19.4 Å². The first-order valence-electron chi connectivity index (χ1n) is 7.73. The third kappa shape index (κ3) is 4.78. The molecule has 1 saturated heterocycles. The molecule has 1 aromatic rings. The molecule has 0 amide bonds. The molecule has 1 heterocycles. The van der Waals surface area contributed by atoms with Crippen molar-refractivity contribution < 1.29 is 0 Å². The summed E-state index contributed by atoms with van der Waals surface area (Å²) in [5, 5.41) is 3.47. The molecule has 1 aliphatic heterocycles. The number of nitrogens with zero attached hydrogens (tertiary/aromatic N) is 2. The number of anilines is 1. The van der Waals surface area contributed by atoms with E-state index in [0.717, 1.165) is 58.7 Å². The molecule has 0 aliphatic carbocycles. The van der Waals surface area contributed by atoms with E-state index in [0.29, 0.717) is 0 Å². The number of nitrogens with two attached hydrogens (primary N) is 1. The van der Waals surface area contributed by atoms with E-state index in [1.165, 1.54) is 11.3 Å². The molecule has 0 spiro atoms. The van der Waals surface area contributed by atoms with Crippen molar-refractivity contribution in [1.82, 2.24) is 10.2 Å². The fourth-order valence-electron chi connectivity index (χ4n) is 2.52. The second-order valence-electron chi connectivity index (χ2n) is 5.63. The van der Waals surface area contributed by atoms with Gasteiger partial charge in [-0.3, -0.25) is 0 Å². The van der Waals surface area contributed by atoms with E-state index < -0.39 is 0 Å². The lowest BCUT2D eigenvalue weighted by atomic mass is 10.1. The second kappa shape index (κ2) is 8.25. The Labute approximate surface area is 122 Å². The summed E-state index contributed by atoms with van der Waals surface area (Å²) in [4.78, 5) is 4.86. The molecule has 4 heteroatoms. The number of nitrogens with one attached hydrogen (secondary N) is 1. The number of rotatable bonds is 7. The van der Waals surface area contributed by atoms with Gasteiger partial charge in [0.2, 0.25) is 0 Å². The second-order valence-corrected chi connectivity index (χ2v) is 5.63. The molecule has 3 N–H and O–H groups in total. The van der Waals surface area contributed by atoms with Crippen LogP contribution in [0.2, 0.25) is 0 Å². The van der Waals surface area contributed by atoms with E-state index in [1.807, 2.05) is 0 Å². The van der Waals surface area contributed by atoms with Gasteiger partial charge in [0, 0.05) is 38.4 Å². The van der Waals surface area contributed by atoms with Crippen molar-refractivity contribution in [2.75, 3.05) is 51.2 Å². The van der Waals surface area contributed by atoms with Crippen molar-refractivity contribution in [3.8, 4) is 0 Å².